The quantitative estimate of drug-likeness (QED) is 0.680. The van der Waals surface area contributed by atoms with Gasteiger partial charge in [0.25, 0.3) is 0 Å². The monoisotopic (exact) mass is 240 g/mol. The molecule has 0 fully saturated rings. The van der Waals surface area contributed by atoms with E-state index in [9.17, 15) is 0 Å². The summed E-state index contributed by atoms with van der Waals surface area (Å²) >= 11 is 6.01. The fourth-order valence-electron chi connectivity index (χ4n) is 1.70. The van der Waals surface area contributed by atoms with E-state index in [0.717, 1.165) is 13.0 Å². The number of benzene rings is 1. The zero-order chi connectivity index (χ0) is 12.0. The Hall–Kier alpha value is -0.530. The van der Waals surface area contributed by atoms with Crippen molar-refractivity contribution in [2.24, 2.45) is 0 Å². The van der Waals surface area contributed by atoms with Crippen LogP contribution in [0.3, 0.4) is 0 Å². The van der Waals surface area contributed by atoms with Gasteiger partial charge in [0.1, 0.15) is 0 Å². The Morgan fingerprint density at radius 1 is 1.31 bits per heavy atom. The van der Waals surface area contributed by atoms with Gasteiger partial charge in [0.2, 0.25) is 0 Å². The van der Waals surface area contributed by atoms with Crippen LogP contribution in [0, 0.1) is 6.92 Å². The lowest BCUT2D eigenvalue weighted by Crippen LogP contribution is -2.09. The van der Waals surface area contributed by atoms with Crippen LogP contribution in [0.5, 0.6) is 0 Å². The van der Waals surface area contributed by atoms with Crippen molar-refractivity contribution >= 4 is 11.6 Å². The third kappa shape index (κ3) is 4.54. The fourth-order valence-corrected chi connectivity index (χ4v) is 2.04. The summed E-state index contributed by atoms with van der Waals surface area (Å²) in [7, 11) is 0. The molecule has 1 atom stereocenters. The second kappa shape index (κ2) is 6.93. The first-order valence-corrected chi connectivity index (χ1v) is 6.41. The average Bonchev–Trinajstić information content (AvgIpc) is 2.24. The predicted molar refractivity (Wildman–Crippen MR) is 70.3 cm³/mol. The average molecular weight is 241 g/mol. The number of halogens is 1. The van der Waals surface area contributed by atoms with Gasteiger partial charge < -0.3 is 4.74 Å². The first kappa shape index (κ1) is 13.5. The van der Waals surface area contributed by atoms with Gasteiger partial charge in [0, 0.05) is 12.5 Å². The maximum atomic E-state index is 6.01. The molecule has 0 N–H and O–H groups in total. The van der Waals surface area contributed by atoms with Crippen molar-refractivity contribution in [3.05, 3.63) is 35.4 Å². The molecule has 0 aliphatic carbocycles. The third-order valence-electron chi connectivity index (χ3n) is 2.62. The van der Waals surface area contributed by atoms with Crippen molar-refractivity contribution in [2.45, 2.75) is 39.2 Å². The van der Waals surface area contributed by atoms with Gasteiger partial charge in [0.05, 0.1) is 6.10 Å². The molecule has 1 nitrogen and oxygen atoms in total. The Morgan fingerprint density at radius 3 is 2.62 bits per heavy atom. The molecule has 0 aliphatic rings. The molecule has 2 heteroatoms. The van der Waals surface area contributed by atoms with Crippen LogP contribution in [0.1, 0.15) is 37.3 Å². The summed E-state index contributed by atoms with van der Waals surface area (Å²) in [4.78, 5) is 0. The van der Waals surface area contributed by atoms with Crippen LogP contribution in [-0.4, -0.2) is 18.6 Å². The van der Waals surface area contributed by atoms with Crippen molar-refractivity contribution in [1.29, 1.82) is 0 Å². The summed E-state index contributed by atoms with van der Waals surface area (Å²) in [5.74, 6) is 1.06. The molecule has 1 unspecified atom stereocenters. The number of aryl methyl sites for hydroxylation is 1. The van der Waals surface area contributed by atoms with Crippen LogP contribution < -0.4 is 0 Å². The SMILES string of the molecule is Cc1cccc(C(CCl)CCOC(C)C)c1. The zero-order valence-electron chi connectivity index (χ0n) is 10.4. The number of hydrogen-bond acceptors (Lipinski definition) is 1. The van der Waals surface area contributed by atoms with Crippen LogP contribution in [0.15, 0.2) is 24.3 Å². The maximum Gasteiger partial charge on any atom is 0.0518 e. The lowest BCUT2D eigenvalue weighted by Gasteiger charge is -2.16. The molecule has 0 aliphatic heterocycles. The Morgan fingerprint density at radius 2 is 2.06 bits per heavy atom. The van der Waals surface area contributed by atoms with E-state index >= 15 is 0 Å². The highest BCUT2D eigenvalue weighted by Gasteiger charge is 2.10. The Kier molecular flexibility index (Phi) is 5.86. The van der Waals surface area contributed by atoms with Gasteiger partial charge >= 0.3 is 0 Å². The number of rotatable bonds is 6. The second-order valence-electron chi connectivity index (χ2n) is 4.47. The molecule has 0 heterocycles. The summed E-state index contributed by atoms with van der Waals surface area (Å²) in [5.41, 5.74) is 2.61. The molecule has 0 saturated heterocycles. The lowest BCUT2D eigenvalue weighted by atomic mass is 9.96. The highest BCUT2D eigenvalue weighted by atomic mass is 35.5. The highest BCUT2D eigenvalue weighted by molar-refractivity contribution is 6.18. The zero-order valence-corrected chi connectivity index (χ0v) is 11.1. The molecule has 90 valence electrons. The molecule has 0 radical (unpaired) electrons. The minimum atomic E-state index is 0.300. The minimum absolute atomic E-state index is 0.300. The van der Waals surface area contributed by atoms with Gasteiger partial charge in [-0.2, -0.15) is 0 Å². The summed E-state index contributed by atoms with van der Waals surface area (Å²) in [6, 6.07) is 8.56. The molecule has 1 aromatic rings. The van der Waals surface area contributed by atoms with E-state index in [2.05, 4.69) is 45.0 Å². The second-order valence-corrected chi connectivity index (χ2v) is 4.78. The standard InChI is InChI=1S/C14H21ClO/c1-11(2)16-8-7-14(10-15)13-6-4-5-12(3)9-13/h4-6,9,11,14H,7-8,10H2,1-3H3. The number of alkyl halides is 1. The lowest BCUT2D eigenvalue weighted by molar-refractivity contribution is 0.0743. The van der Waals surface area contributed by atoms with Crippen LogP contribution in [-0.2, 0) is 4.74 Å². The molecule has 0 bridgehead atoms. The molecule has 0 aromatic heterocycles. The Labute approximate surface area is 104 Å². The first-order valence-electron chi connectivity index (χ1n) is 5.87. The van der Waals surface area contributed by atoms with Crippen molar-refractivity contribution in [3.63, 3.8) is 0 Å². The van der Waals surface area contributed by atoms with Crippen molar-refractivity contribution < 1.29 is 4.74 Å². The van der Waals surface area contributed by atoms with Crippen LogP contribution in [0.4, 0.5) is 0 Å². The third-order valence-corrected chi connectivity index (χ3v) is 2.99. The van der Waals surface area contributed by atoms with Gasteiger partial charge in [-0.25, -0.2) is 0 Å². The largest absolute Gasteiger partial charge is 0.379 e. The van der Waals surface area contributed by atoms with E-state index in [1.807, 2.05) is 0 Å². The highest BCUT2D eigenvalue weighted by Crippen LogP contribution is 2.22. The number of ether oxygens (including phenoxy) is 1. The van der Waals surface area contributed by atoms with Crippen molar-refractivity contribution in [1.82, 2.24) is 0 Å². The summed E-state index contributed by atoms with van der Waals surface area (Å²) in [6.07, 6.45) is 1.29. The molecule has 0 spiro atoms. The summed E-state index contributed by atoms with van der Waals surface area (Å²) in [5, 5.41) is 0. The topological polar surface area (TPSA) is 9.23 Å². The van der Waals surface area contributed by atoms with Crippen LogP contribution in [0.25, 0.3) is 0 Å². The molecular weight excluding hydrogens is 220 g/mol. The van der Waals surface area contributed by atoms with E-state index in [1.54, 1.807) is 0 Å². The van der Waals surface area contributed by atoms with E-state index in [0.29, 0.717) is 17.9 Å². The van der Waals surface area contributed by atoms with E-state index in [4.69, 9.17) is 16.3 Å². The van der Waals surface area contributed by atoms with Gasteiger partial charge in [-0.1, -0.05) is 29.8 Å². The summed E-state index contributed by atoms with van der Waals surface area (Å²) in [6.45, 7) is 7.01. The fraction of sp³-hybridized carbons (Fsp3) is 0.571. The smallest absolute Gasteiger partial charge is 0.0518 e. The normalized spacial score (nSPS) is 13.1. The van der Waals surface area contributed by atoms with E-state index in [1.165, 1.54) is 11.1 Å². The molecule has 0 saturated carbocycles. The minimum Gasteiger partial charge on any atom is -0.379 e. The Balaban J connectivity index is 2.53. The van der Waals surface area contributed by atoms with E-state index < -0.39 is 0 Å². The first-order chi connectivity index (χ1) is 7.63. The van der Waals surface area contributed by atoms with Gasteiger partial charge in [-0.3, -0.25) is 0 Å². The van der Waals surface area contributed by atoms with Gasteiger partial charge in [-0.05, 0) is 38.7 Å². The molecular formula is C14H21ClO. The van der Waals surface area contributed by atoms with Crippen LogP contribution in [0.2, 0.25) is 0 Å². The number of hydrogen-bond donors (Lipinski definition) is 0. The summed E-state index contributed by atoms with van der Waals surface area (Å²) < 4.78 is 5.57. The predicted octanol–water partition coefficient (Wildman–Crippen LogP) is 4.13. The van der Waals surface area contributed by atoms with Crippen LogP contribution >= 0.6 is 11.6 Å². The van der Waals surface area contributed by atoms with Crippen molar-refractivity contribution in [3.8, 4) is 0 Å². The molecule has 1 aromatic carbocycles. The Bertz CT molecular complexity index is 309. The molecule has 1 rings (SSSR count). The van der Waals surface area contributed by atoms with Crippen molar-refractivity contribution in [2.75, 3.05) is 12.5 Å². The van der Waals surface area contributed by atoms with Gasteiger partial charge in [0.15, 0.2) is 0 Å². The molecule has 0 amide bonds. The van der Waals surface area contributed by atoms with Gasteiger partial charge in [-0.15, -0.1) is 11.6 Å². The molecule has 16 heavy (non-hydrogen) atoms. The maximum absolute atomic E-state index is 6.01. The van der Waals surface area contributed by atoms with E-state index in [-0.39, 0.29) is 0 Å².